The highest BCUT2D eigenvalue weighted by Gasteiger charge is 2.35. The number of benzene rings is 2. The number of hydrogen-bond acceptors (Lipinski definition) is 10. The summed E-state index contributed by atoms with van der Waals surface area (Å²) in [6.45, 7) is 8.09. The van der Waals surface area contributed by atoms with Crippen molar-refractivity contribution in [2.24, 2.45) is 17.8 Å². The van der Waals surface area contributed by atoms with E-state index >= 15 is 0 Å². The van der Waals surface area contributed by atoms with Gasteiger partial charge in [0.25, 0.3) is 5.56 Å². The first-order valence-electron chi connectivity index (χ1n) is 25.5. The maximum absolute atomic E-state index is 14.7. The number of amides is 2. The first-order valence-corrected chi connectivity index (χ1v) is 25.5. The maximum Gasteiger partial charge on any atom is 0.310 e. The van der Waals surface area contributed by atoms with Gasteiger partial charge in [0.05, 0.1) is 35.0 Å². The van der Waals surface area contributed by atoms with Crippen LogP contribution < -0.4 is 5.56 Å². The molecule has 5 fully saturated rings. The predicted molar refractivity (Wildman–Crippen MR) is 257 cm³/mol. The molecule has 360 valence electrons. The third kappa shape index (κ3) is 11.0. The van der Waals surface area contributed by atoms with Gasteiger partial charge in [0.15, 0.2) is 13.5 Å². The van der Waals surface area contributed by atoms with Gasteiger partial charge in [-0.3, -0.25) is 33.4 Å². The highest BCUT2D eigenvalue weighted by Crippen LogP contribution is 2.32. The molecule has 2 saturated carbocycles. The second-order valence-corrected chi connectivity index (χ2v) is 20.4. The Morgan fingerprint density at radius 1 is 0.701 bits per heavy atom. The minimum absolute atomic E-state index is 0.0234. The number of hydrogen-bond donors (Lipinski definition) is 0. The minimum atomic E-state index is -0.549. The van der Waals surface area contributed by atoms with Gasteiger partial charge in [-0.05, 0) is 125 Å². The zero-order valence-corrected chi connectivity index (χ0v) is 39.9. The third-order valence-electron chi connectivity index (χ3n) is 15.9. The number of aryl methyl sites for hydroxylation is 1. The summed E-state index contributed by atoms with van der Waals surface area (Å²) in [5.41, 5.74) is 4.10. The van der Waals surface area contributed by atoms with Crippen LogP contribution in [0.1, 0.15) is 119 Å². The van der Waals surface area contributed by atoms with E-state index in [-0.39, 0.29) is 66.9 Å². The summed E-state index contributed by atoms with van der Waals surface area (Å²) in [6.07, 6.45) is 15.7. The Morgan fingerprint density at radius 3 is 2.01 bits per heavy atom. The maximum atomic E-state index is 14.7. The summed E-state index contributed by atoms with van der Waals surface area (Å²) < 4.78 is 14.9. The Kier molecular flexibility index (Phi) is 15.1. The third-order valence-corrected chi connectivity index (χ3v) is 15.9. The van der Waals surface area contributed by atoms with E-state index in [9.17, 15) is 24.0 Å². The Morgan fingerprint density at radius 2 is 1.34 bits per heavy atom. The van der Waals surface area contributed by atoms with E-state index in [0.29, 0.717) is 57.0 Å². The van der Waals surface area contributed by atoms with Crippen molar-refractivity contribution in [3.05, 3.63) is 75.7 Å². The molecular weight excluding hydrogens is 847 g/mol. The second-order valence-electron chi connectivity index (χ2n) is 20.4. The van der Waals surface area contributed by atoms with Gasteiger partial charge in [-0.15, -0.1) is 0 Å². The van der Waals surface area contributed by atoms with Gasteiger partial charge in [-0.1, -0.05) is 62.8 Å². The van der Waals surface area contributed by atoms with Crippen LogP contribution in [-0.2, 0) is 48.5 Å². The number of fused-ring (bicyclic) bond motifs is 2. The predicted octanol–water partition coefficient (Wildman–Crippen LogP) is 7.02. The second kappa shape index (κ2) is 21.5. The lowest BCUT2D eigenvalue weighted by atomic mass is 9.88. The number of pyridine rings is 1. The number of likely N-dealkylation sites (tertiary alicyclic amines) is 2. The van der Waals surface area contributed by atoms with Gasteiger partial charge in [0.2, 0.25) is 11.8 Å². The molecule has 1 atom stereocenters. The molecule has 0 N–H and O–H groups in total. The Hall–Kier alpha value is -5.08. The lowest BCUT2D eigenvalue weighted by Gasteiger charge is -2.43. The molecule has 14 heteroatoms. The van der Waals surface area contributed by atoms with Crippen LogP contribution in [0.3, 0.4) is 0 Å². The fourth-order valence-electron chi connectivity index (χ4n) is 11.9. The van der Waals surface area contributed by atoms with Crippen molar-refractivity contribution in [3.8, 4) is 0 Å². The van der Waals surface area contributed by atoms with Gasteiger partial charge in [0, 0.05) is 62.7 Å². The van der Waals surface area contributed by atoms with Crippen LogP contribution in [0.15, 0.2) is 53.5 Å². The molecule has 14 nitrogen and oxygen atoms in total. The van der Waals surface area contributed by atoms with Crippen LogP contribution in [0, 0.1) is 24.7 Å². The van der Waals surface area contributed by atoms with Crippen molar-refractivity contribution in [1.82, 2.24) is 33.9 Å². The topological polar surface area (TPSA) is 140 Å². The molecule has 0 unspecified atom stereocenters. The number of piperidine rings is 2. The van der Waals surface area contributed by atoms with Gasteiger partial charge < -0.3 is 24.2 Å². The van der Waals surface area contributed by atoms with E-state index in [1.807, 2.05) is 47.1 Å². The van der Waals surface area contributed by atoms with Crippen molar-refractivity contribution in [1.29, 1.82) is 0 Å². The zero-order valence-electron chi connectivity index (χ0n) is 39.9. The van der Waals surface area contributed by atoms with E-state index < -0.39 is 5.92 Å². The van der Waals surface area contributed by atoms with Crippen molar-refractivity contribution in [2.75, 3.05) is 59.4 Å². The molecule has 5 aliphatic rings. The number of esters is 2. The molecule has 2 aliphatic carbocycles. The smallest absolute Gasteiger partial charge is 0.310 e. The number of para-hydroxylation sites is 1. The molecule has 2 amide bonds. The van der Waals surface area contributed by atoms with Crippen LogP contribution in [-0.4, -0.2) is 123 Å². The van der Waals surface area contributed by atoms with Crippen LogP contribution in [0.2, 0.25) is 0 Å². The molecule has 3 saturated heterocycles. The average molecular weight is 918 g/mol. The summed E-state index contributed by atoms with van der Waals surface area (Å²) >= 11 is 0. The van der Waals surface area contributed by atoms with Crippen LogP contribution >= 0.6 is 0 Å². The van der Waals surface area contributed by atoms with Crippen molar-refractivity contribution >= 4 is 45.6 Å². The lowest BCUT2D eigenvalue weighted by Crippen LogP contribution is -2.55. The minimum Gasteiger partial charge on any atom is -0.444 e. The summed E-state index contributed by atoms with van der Waals surface area (Å²) in [6, 6.07) is 14.4. The monoisotopic (exact) mass is 918 g/mol. The molecule has 0 bridgehead atoms. The Labute approximate surface area is 394 Å². The molecular formula is C53H71N7O7. The normalized spacial score (nSPS) is 20.6. The molecule has 0 radical (unpaired) electrons. The van der Waals surface area contributed by atoms with E-state index in [0.717, 1.165) is 130 Å². The molecule has 9 rings (SSSR count). The number of carbonyl (C=O) groups excluding carboxylic acids is 4. The van der Waals surface area contributed by atoms with Crippen molar-refractivity contribution in [2.45, 2.75) is 135 Å². The summed E-state index contributed by atoms with van der Waals surface area (Å²) in [7, 11) is 2.18. The molecule has 2 aromatic heterocycles. The van der Waals surface area contributed by atoms with Crippen molar-refractivity contribution < 1.29 is 28.7 Å². The zero-order chi connectivity index (χ0) is 46.4. The van der Waals surface area contributed by atoms with Crippen LogP contribution in [0.25, 0.3) is 21.8 Å². The lowest BCUT2D eigenvalue weighted by molar-refractivity contribution is -0.154. The molecule has 2 aromatic carbocycles. The highest BCUT2D eigenvalue weighted by molar-refractivity contribution is 5.87. The first kappa shape index (κ1) is 47.0. The van der Waals surface area contributed by atoms with E-state index in [2.05, 4.69) is 34.1 Å². The summed E-state index contributed by atoms with van der Waals surface area (Å²) in [4.78, 5) is 78.0. The fourth-order valence-corrected chi connectivity index (χ4v) is 11.9. The average Bonchev–Trinajstić information content (AvgIpc) is 3.79. The molecule has 3 aliphatic heterocycles. The van der Waals surface area contributed by atoms with Crippen LogP contribution in [0.4, 0.5) is 0 Å². The number of piperazine rings is 1. The molecule has 0 spiro atoms. The van der Waals surface area contributed by atoms with E-state index in [4.69, 9.17) is 9.47 Å². The number of nitrogens with zero attached hydrogens (tertiary/aromatic N) is 7. The number of aromatic nitrogens is 3. The number of rotatable bonds is 13. The molecule has 5 heterocycles. The number of carbonyl (C=O) groups is 4. The standard InChI is InChI=1S/C53H71N7O7/c1-37-29-38(31-44-34-54-60(49(37)44)36-67-53(65)41-13-7-4-8-14-41)30-43(50(62)58-27-25-56(26-28-58)45-19-21-55(2)22-20-45)33-48(61)57-23-17-39(18-24-57)46-32-42-15-9-10-16-47(42)59(51(46)63)35-66-52(64)40-11-5-3-6-12-40/h9-10,15-16,29,31-32,34,39-41,43,45H,3-8,11-14,17-28,30,33,35-36H2,1-2H3/t43-/m0/s1. The van der Waals surface area contributed by atoms with Gasteiger partial charge in [0.1, 0.15) is 0 Å². The summed E-state index contributed by atoms with van der Waals surface area (Å²) in [5, 5.41) is 6.42. The van der Waals surface area contributed by atoms with Gasteiger partial charge in [-0.25, -0.2) is 4.68 Å². The number of ether oxygens (including phenoxy) is 2. The van der Waals surface area contributed by atoms with E-state index in [1.165, 1.54) is 6.42 Å². The first-order chi connectivity index (χ1) is 32.6. The molecule has 4 aromatic rings. The largest absolute Gasteiger partial charge is 0.444 e. The highest BCUT2D eigenvalue weighted by atomic mass is 16.5. The Bertz CT molecular complexity index is 2450. The summed E-state index contributed by atoms with van der Waals surface area (Å²) in [5.74, 6) is -1.16. The van der Waals surface area contributed by atoms with Gasteiger partial charge >= 0.3 is 11.9 Å². The fraction of sp³-hybridized carbons (Fsp3) is 0.623. The SMILES string of the molecule is Cc1cc(C[C@@H](CC(=O)N2CCC(c3cc4ccccc4n(COC(=O)C4CCCCC4)c3=O)CC2)C(=O)N2CCN(C3CCN(C)CC3)CC2)cc2cnn(COC(=O)C3CCCCC3)c12. The van der Waals surface area contributed by atoms with Crippen molar-refractivity contribution in [3.63, 3.8) is 0 Å². The van der Waals surface area contributed by atoms with Crippen LogP contribution in [0.5, 0.6) is 0 Å². The van der Waals surface area contributed by atoms with E-state index in [1.54, 1.807) is 15.4 Å². The quantitative estimate of drug-likeness (QED) is 0.129. The molecule has 67 heavy (non-hydrogen) atoms. The Balaban J connectivity index is 0.881. The van der Waals surface area contributed by atoms with Gasteiger partial charge in [-0.2, -0.15) is 5.10 Å².